The lowest BCUT2D eigenvalue weighted by Crippen LogP contribution is -2.24. The van der Waals surface area contributed by atoms with E-state index in [2.05, 4.69) is 0 Å². The van der Waals surface area contributed by atoms with Gasteiger partial charge in [-0.15, -0.1) is 0 Å². The SMILES string of the molecule is CN(O)C(=O)CC(O)c1ccc(N(C)C)cc1. The summed E-state index contributed by atoms with van der Waals surface area (Å²) in [6.07, 6.45) is -1.03. The monoisotopic (exact) mass is 238 g/mol. The summed E-state index contributed by atoms with van der Waals surface area (Å²) in [6.45, 7) is 0. The summed E-state index contributed by atoms with van der Waals surface area (Å²) >= 11 is 0. The molecule has 5 heteroatoms. The van der Waals surface area contributed by atoms with Crippen molar-refractivity contribution in [1.82, 2.24) is 5.06 Å². The number of carbonyl (C=O) groups is 1. The molecular formula is C12H18N2O3. The summed E-state index contributed by atoms with van der Waals surface area (Å²) < 4.78 is 0. The highest BCUT2D eigenvalue weighted by molar-refractivity contribution is 5.75. The van der Waals surface area contributed by atoms with E-state index in [1.54, 1.807) is 12.1 Å². The largest absolute Gasteiger partial charge is 0.388 e. The van der Waals surface area contributed by atoms with Crippen LogP contribution in [0.3, 0.4) is 0 Å². The highest BCUT2D eigenvalue weighted by Gasteiger charge is 2.15. The normalized spacial score (nSPS) is 12.1. The van der Waals surface area contributed by atoms with Gasteiger partial charge in [0.25, 0.3) is 0 Å². The molecule has 1 unspecified atom stereocenters. The number of benzene rings is 1. The van der Waals surface area contributed by atoms with Crippen LogP contribution in [0.15, 0.2) is 24.3 Å². The van der Waals surface area contributed by atoms with Gasteiger partial charge in [0.1, 0.15) is 0 Å². The molecule has 0 heterocycles. The number of hydrogen-bond acceptors (Lipinski definition) is 4. The van der Waals surface area contributed by atoms with Crippen molar-refractivity contribution in [2.45, 2.75) is 12.5 Å². The van der Waals surface area contributed by atoms with Gasteiger partial charge in [0, 0.05) is 26.8 Å². The van der Waals surface area contributed by atoms with Gasteiger partial charge < -0.3 is 10.0 Å². The van der Waals surface area contributed by atoms with Gasteiger partial charge in [0.2, 0.25) is 5.91 Å². The number of carbonyl (C=O) groups excluding carboxylic acids is 1. The Morgan fingerprint density at radius 2 is 1.76 bits per heavy atom. The predicted octanol–water partition coefficient (Wildman–Crippen LogP) is 1.02. The van der Waals surface area contributed by atoms with Crippen molar-refractivity contribution in [2.75, 3.05) is 26.0 Å². The highest BCUT2D eigenvalue weighted by Crippen LogP contribution is 2.20. The zero-order valence-electron chi connectivity index (χ0n) is 10.3. The number of aliphatic hydroxyl groups excluding tert-OH is 1. The predicted molar refractivity (Wildman–Crippen MR) is 64.9 cm³/mol. The lowest BCUT2D eigenvalue weighted by atomic mass is 10.1. The number of aliphatic hydroxyl groups is 1. The minimum atomic E-state index is -0.895. The number of hydroxylamine groups is 2. The number of nitrogens with zero attached hydrogens (tertiary/aromatic N) is 2. The minimum absolute atomic E-state index is 0.131. The molecule has 1 rings (SSSR count). The number of rotatable bonds is 4. The highest BCUT2D eigenvalue weighted by atomic mass is 16.5. The Labute approximate surface area is 101 Å². The maximum Gasteiger partial charge on any atom is 0.248 e. The summed E-state index contributed by atoms with van der Waals surface area (Å²) in [5.41, 5.74) is 1.68. The molecule has 0 saturated heterocycles. The molecule has 0 spiro atoms. The number of hydrogen-bond donors (Lipinski definition) is 2. The molecule has 0 aliphatic rings. The first-order chi connectivity index (χ1) is 7.91. The molecule has 1 aromatic rings. The van der Waals surface area contributed by atoms with E-state index in [-0.39, 0.29) is 6.42 Å². The first-order valence-corrected chi connectivity index (χ1v) is 5.32. The van der Waals surface area contributed by atoms with Crippen molar-refractivity contribution in [3.63, 3.8) is 0 Å². The second kappa shape index (κ2) is 5.65. The summed E-state index contributed by atoms with van der Waals surface area (Å²) in [5.74, 6) is -0.519. The average Bonchev–Trinajstić information content (AvgIpc) is 2.28. The van der Waals surface area contributed by atoms with Gasteiger partial charge in [-0.25, -0.2) is 5.06 Å². The van der Waals surface area contributed by atoms with Crippen molar-refractivity contribution in [3.05, 3.63) is 29.8 Å². The lowest BCUT2D eigenvalue weighted by Gasteiger charge is -2.16. The third kappa shape index (κ3) is 3.72. The van der Waals surface area contributed by atoms with Crippen LogP contribution in [0.25, 0.3) is 0 Å². The molecule has 0 bridgehead atoms. The van der Waals surface area contributed by atoms with Crippen LogP contribution in [0.1, 0.15) is 18.1 Å². The Morgan fingerprint density at radius 1 is 1.24 bits per heavy atom. The molecular weight excluding hydrogens is 220 g/mol. The average molecular weight is 238 g/mol. The Balaban J connectivity index is 2.70. The molecule has 0 saturated carbocycles. The topological polar surface area (TPSA) is 64.0 Å². The Hall–Kier alpha value is -1.59. The lowest BCUT2D eigenvalue weighted by molar-refractivity contribution is -0.161. The van der Waals surface area contributed by atoms with Crippen molar-refractivity contribution in [2.24, 2.45) is 0 Å². The minimum Gasteiger partial charge on any atom is -0.388 e. The van der Waals surface area contributed by atoms with E-state index in [0.29, 0.717) is 10.6 Å². The van der Waals surface area contributed by atoms with Crippen LogP contribution in [0, 0.1) is 0 Å². The van der Waals surface area contributed by atoms with Gasteiger partial charge in [-0.2, -0.15) is 0 Å². The molecule has 1 atom stereocenters. The van der Waals surface area contributed by atoms with Crippen molar-refractivity contribution < 1.29 is 15.1 Å². The molecule has 2 N–H and O–H groups in total. The standard InChI is InChI=1S/C12H18N2O3/c1-13(2)10-6-4-9(5-7-10)11(15)8-12(16)14(3)17/h4-7,11,15,17H,8H2,1-3H3. The van der Waals surface area contributed by atoms with Gasteiger partial charge in [0.15, 0.2) is 0 Å². The fourth-order valence-electron chi connectivity index (χ4n) is 1.41. The van der Waals surface area contributed by atoms with Gasteiger partial charge in [-0.1, -0.05) is 12.1 Å². The van der Waals surface area contributed by atoms with Crippen LogP contribution in [-0.4, -0.2) is 42.4 Å². The summed E-state index contributed by atoms with van der Waals surface area (Å²) in [6, 6.07) is 7.27. The van der Waals surface area contributed by atoms with E-state index in [4.69, 9.17) is 5.21 Å². The van der Waals surface area contributed by atoms with Gasteiger partial charge >= 0.3 is 0 Å². The Kier molecular flexibility index (Phi) is 4.48. The van der Waals surface area contributed by atoms with Crippen molar-refractivity contribution in [3.8, 4) is 0 Å². The van der Waals surface area contributed by atoms with Crippen molar-refractivity contribution >= 4 is 11.6 Å². The fraction of sp³-hybridized carbons (Fsp3) is 0.417. The van der Waals surface area contributed by atoms with Crippen LogP contribution in [0.2, 0.25) is 0 Å². The van der Waals surface area contributed by atoms with Crippen LogP contribution in [0.4, 0.5) is 5.69 Å². The molecule has 0 radical (unpaired) electrons. The second-order valence-corrected chi connectivity index (χ2v) is 4.12. The molecule has 94 valence electrons. The van der Waals surface area contributed by atoms with Crippen LogP contribution >= 0.6 is 0 Å². The smallest absolute Gasteiger partial charge is 0.248 e. The maximum atomic E-state index is 11.2. The number of anilines is 1. The van der Waals surface area contributed by atoms with E-state index in [1.807, 2.05) is 31.1 Å². The molecule has 0 fully saturated rings. The fourth-order valence-corrected chi connectivity index (χ4v) is 1.41. The zero-order chi connectivity index (χ0) is 13.0. The third-order valence-electron chi connectivity index (χ3n) is 2.52. The maximum absolute atomic E-state index is 11.2. The molecule has 1 aromatic carbocycles. The van der Waals surface area contributed by atoms with E-state index in [1.165, 1.54) is 7.05 Å². The van der Waals surface area contributed by atoms with Gasteiger partial charge in [-0.3, -0.25) is 10.0 Å². The van der Waals surface area contributed by atoms with E-state index in [0.717, 1.165) is 5.69 Å². The number of amides is 1. The molecule has 0 aromatic heterocycles. The van der Waals surface area contributed by atoms with E-state index in [9.17, 15) is 9.90 Å². The molecule has 1 amide bonds. The van der Waals surface area contributed by atoms with Crippen molar-refractivity contribution in [1.29, 1.82) is 0 Å². The summed E-state index contributed by atoms with van der Waals surface area (Å²) in [5, 5.41) is 19.2. The van der Waals surface area contributed by atoms with Crippen LogP contribution in [-0.2, 0) is 4.79 Å². The molecule has 0 aliphatic heterocycles. The zero-order valence-corrected chi connectivity index (χ0v) is 10.3. The van der Waals surface area contributed by atoms with E-state index < -0.39 is 12.0 Å². The molecule has 17 heavy (non-hydrogen) atoms. The summed E-state index contributed by atoms with van der Waals surface area (Å²) in [4.78, 5) is 13.2. The Morgan fingerprint density at radius 3 is 2.18 bits per heavy atom. The molecule has 0 aliphatic carbocycles. The first-order valence-electron chi connectivity index (χ1n) is 5.32. The second-order valence-electron chi connectivity index (χ2n) is 4.12. The van der Waals surface area contributed by atoms with Gasteiger partial charge in [-0.05, 0) is 17.7 Å². The first kappa shape index (κ1) is 13.5. The van der Waals surface area contributed by atoms with Gasteiger partial charge in [0.05, 0.1) is 12.5 Å². The summed E-state index contributed by atoms with van der Waals surface area (Å²) in [7, 11) is 5.09. The Bertz CT molecular complexity index is 374. The quantitative estimate of drug-likeness (QED) is 0.607. The third-order valence-corrected chi connectivity index (χ3v) is 2.52. The molecule has 5 nitrogen and oxygen atoms in total. The van der Waals surface area contributed by atoms with E-state index >= 15 is 0 Å². The van der Waals surface area contributed by atoms with Crippen LogP contribution < -0.4 is 4.90 Å². The van der Waals surface area contributed by atoms with Crippen LogP contribution in [0.5, 0.6) is 0 Å².